The maximum absolute atomic E-state index is 8.62. The van der Waals surface area contributed by atoms with Crippen LogP contribution in [0.25, 0.3) is 11.5 Å². The van der Waals surface area contributed by atoms with Gasteiger partial charge in [-0.1, -0.05) is 0 Å². The predicted octanol–water partition coefficient (Wildman–Crippen LogP) is 1.70. The summed E-state index contributed by atoms with van der Waals surface area (Å²) in [7, 11) is 0. The molecule has 5 heteroatoms. The molecule has 0 saturated heterocycles. The smallest absolute Gasteiger partial charge is 0.233 e. The molecule has 0 saturated carbocycles. The van der Waals surface area contributed by atoms with Crippen molar-refractivity contribution in [2.24, 2.45) is 0 Å². The molecule has 0 radical (unpaired) electrons. The Labute approximate surface area is 79.8 Å². The van der Waals surface area contributed by atoms with E-state index in [9.17, 15) is 0 Å². The van der Waals surface area contributed by atoms with Crippen molar-refractivity contribution in [3.05, 3.63) is 23.8 Å². The molecule has 5 nitrogen and oxygen atoms in total. The molecule has 0 spiro atoms. The molecule has 0 unspecified atom stereocenters. The van der Waals surface area contributed by atoms with E-state index in [4.69, 9.17) is 19.8 Å². The second-order valence-electron chi connectivity index (χ2n) is 2.73. The first-order valence-corrected chi connectivity index (χ1v) is 3.93. The van der Waals surface area contributed by atoms with Crippen molar-refractivity contribution in [2.45, 2.75) is 6.92 Å². The van der Waals surface area contributed by atoms with Gasteiger partial charge in [-0.3, -0.25) is 0 Å². The summed E-state index contributed by atoms with van der Waals surface area (Å²) < 4.78 is 10.2. The third-order valence-corrected chi connectivity index (χ3v) is 1.85. The number of nitriles is 1. The third-order valence-electron chi connectivity index (χ3n) is 1.85. The molecule has 0 aliphatic rings. The van der Waals surface area contributed by atoms with E-state index in [0.717, 1.165) is 0 Å². The highest BCUT2D eigenvalue weighted by Crippen LogP contribution is 2.26. The van der Waals surface area contributed by atoms with Crippen LogP contribution in [0.4, 0.5) is 5.88 Å². The Balaban J connectivity index is 2.54. The van der Waals surface area contributed by atoms with Gasteiger partial charge in [-0.05, 0) is 13.0 Å². The Morgan fingerprint density at radius 3 is 2.86 bits per heavy atom. The van der Waals surface area contributed by atoms with Crippen LogP contribution < -0.4 is 5.73 Å². The van der Waals surface area contributed by atoms with E-state index in [-0.39, 0.29) is 11.6 Å². The Hall–Kier alpha value is -2.22. The predicted molar refractivity (Wildman–Crippen MR) is 48.1 cm³/mol. The molecule has 0 atom stereocenters. The van der Waals surface area contributed by atoms with E-state index in [1.54, 1.807) is 13.0 Å². The van der Waals surface area contributed by atoms with Crippen LogP contribution in [-0.4, -0.2) is 4.98 Å². The molecule has 2 aromatic rings. The number of furan rings is 1. The highest BCUT2D eigenvalue weighted by atomic mass is 16.4. The number of nitrogen functional groups attached to an aromatic ring is 1. The summed E-state index contributed by atoms with van der Waals surface area (Å²) in [4.78, 5) is 3.92. The molecule has 0 amide bonds. The van der Waals surface area contributed by atoms with Crippen LogP contribution in [0.2, 0.25) is 0 Å². The Morgan fingerprint density at radius 1 is 1.57 bits per heavy atom. The lowest BCUT2D eigenvalue weighted by molar-refractivity contribution is 0.531. The first kappa shape index (κ1) is 8.38. The normalized spacial score (nSPS) is 10.0. The van der Waals surface area contributed by atoms with E-state index < -0.39 is 0 Å². The monoisotopic (exact) mass is 189 g/mol. The van der Waals surface area contributed by atoms with Crippen LogP contribution in [-0.2, 0) is 0 Å². The molecule has 0 fully saturated rings. The van der Waals surface area contributed by atoms with Gasteiger partial charge in [0.15, 0.2) is 0 Å². The van der Waals surface area contributed by atoms with Gasteiger partial charge in [-0.2, -0.15) is 10.2 Å². The van der Waals surface area contributed by atoms with E-state index in [0.29, 0.717) is 17.2 Å². The number of oxazole rings is 1. The zero-order valence-electron chi connectivity index (χ0n) is 7.44. The average Bonchev–Trinajstić information content (AvgIpc) is 2.71. The zero-order chi connectivity index (χ0) is 10.1. The van der Waals surface area contributed by atoms with E-state index in [1.807, 2.05) is 6.07 Å². The molecule has 2 heterocycles. The van der Waals surface area contributed by atoms with Crippen LogP contribution in [0.5, 0.6) is 0 Å². The number of anilines is 1. The van der Waals surface area contributed by atoms with Gasteiger partial charge in [0.05, 0.1) is 11.8 Å². The molecule has 0 aliphatic carbocycles. The minimum Gasteiger partial charge on any atom is -0.469 e. The summed E-state index contributed by atoms with van der Waals surface area (Å²) in [6.07, 6.45) is 1.52. The van der Waals surface area contributed by atoms with Gasteiger partial charge >= 0.3 is 0 Å². The molecule has 2 aromatic heterocycles. The minimum absolute atomic E-state index is 0.0306. The lowest BCUT2D eigenvalue weighted by atomic mass is 10.3. The Bertz CT molecular complexity index is 504. The van der Waals surface area contributed by atoms with Gasteiger partial charge in [0.1, 0.15) is 11.8 Å². The Morgan fingerprint density at radius 2 is 2.36 bits per heavy atom. The first-order valence-electron chi connectivity index (χ1n) is 3.93. The van der Waals surface area contributed by atoms with Crippen molar-refractivity contribution >= 4 is 5.88 Å². The number of nitrogens with zero attached hydrogens (tertiary/aromatic N) is 2. The van der Waals surface area contributed by atoms with Crippen molar-refractivity contribution in [3.63, 3.8) is 0 Å². The van der Waals surface area contributed by atoms with Gasteiger partial charge in [0, 0.05) is 0 Å². The fourth-order valence-electron chi connectivity index (χ4n) is 1.13. The number of hydrogen-bond donors (Lipinski definition) is 1. The molecule has 70 valence electrons. The van der Waals surface area contributed by atoms with Crippen molar-refractivity contribution in [1.82, 2.24) is 4.98 Å². The number of aromatic nitrogens is 1. The molecule has 14 heavy (non-hydrogen) atoms. The quantitative estimate of drug-likeness (QED) is 0.737. The summed E-state index contributed by atoms with van der Waals surface area (Å²) in [6, 6.07) is 3.55. The highest BCUT2D eigenvalue weighted by Gasteiger charge is 2.14. The molecule has 2 rings (SSSR count). The van der Waals surface area contributed by atoms with Crippen LogP contribution in [0, 0.1) is 18.3 Å². The summed E-state index contributed by atoms with van der Waals surface area (Å²) in [5.74, 6) is 1.02. The highest BCUT2D eigenvalue weighted by molar-refractivity contribution is 5.59. The minimum atomic E-state index is 0.0306. The van der Waals surface area contributed by atoms with Crippen molar-refractivity contribution in [1.29, 1.82) is 5.26 Å². The second-order valence-corrected chi connectivity index (χ2v) is 2.73. The fourth-order valence-corrected chi connectivity index (χ4v) is 1.13. The van der Waals surface area contributed by atoms with Gasteiger partial charge in [0.25, 0.3) is 0 Å². The molecular weight excluding hydrogens is 182 g/mol. The summed E-state index contributed by atoms with van der Waals surface area (Å²) in [6.45, 7) is 1.78. The number of rotatable bonds is 1. The summed E-state index contributed by atoms with van der Waals surface area (Å²) in [5.41, 5.74) is 6.23. The lowest BCUT2D eigenvalue weighted by Gasteiger charge is -1.89. The topological polar surface area (TPSA) is 89.0 Å². The number of hydrogen-bond acceptors (Lipinski definition) is 5. The van der Waals surface area contributed by atoms with E-state index in [1.165, 1.54) is 6.26 Å². The molecule has 0 bridgehead atoms. The second kappa shape index (κ2) is 2.92. The SMILES string of the molecule is Cc1occc1-c1nc(C#N)c(N)o1. The van der Waals surface area contributed by atoms with Crippen LogP contribution in [0.15, 0.2) is 21.2 Å². The summed E-state index contributed by atoms with van der Waals surface area (Å²) in [5, 5.41) is 8.62. The van der Waals surface area contributed by atoms with Gasteiger partial charge in [0.2, 0.25) is 17.5 Å². The van der Waals surface area contributed by atoms with Gasteiger partial charge in [-0.15, -0.1) is 0 Å². The summed E-state index contributed by atoms with van der Waals surface area (Å²) >= 11 is 0. The maximum atomic E-state index is 8.62. The van der Waals surface area contributed by atoms with Crippen molar-refractivity contribution in [3.8, 4) is 17.5 Å². The van der Waals surface area contributed by atoms with Crippen molar-refractivity contribution < 1.29 is 8.83 Å². The number of nitrogens with two attached hydrogens (primary N) is 1. The van der Waals surface area contributed by atoms with E-state index >= 15 is 0 Å². The van der Waals surface area contributed by atoms with Crippen LogP contribution in [0.3, 0.4) is 0 Å². The zero-order valence-corrected chi connectivity index (χ0v) is 7.44. The molecular formula is C9H7N3O2. The third kappa shape index (κ3) is 1.13. The van der Waals surface area contributed by atoms with Crippen LogP contribution in [0.1, 0.15) is 11.5 Å². The standard InChI is InChI=1S/C9H7N3O2/c1-5-6(2-3-13-5)9-12-7(4-10)8(11)14-9/h2-3H,11H2,1H3. The molecule has 2 N–H and O–H groups in total. The largest absolute Gasteiger partial charge is 0.469 e. The van der Waals surface area contributed by atoms with Gasteiger partial charge < -0.3 is 14.6 Å². The van der Waals surface area contributed by atoms with Crippen molar-refractivity contribution in [2.75, 3.05) is 5.73 Å². The Kier molecular flexibility index (Phi) is 1.75. The molecule has 0 aliphatic heterocycles. The maximum Gasteiger partial charge on any atom is 0.233 e. The number of aryl methyl sites for hydroxylation is 1. The first-order chi connectivity index (χ1) is 6.72. The molecule has 0 aromatic carbocycles. The lowest BCUT2D eigenvalue weighted by Crippen LogP contribution is -1.84. The van der Waals surface area contributed by atoms with E-state index in [2.05, 4.69) is 4.98 Å². The average molecular weight is 189 g/mol. The van der Waals surface area contributed by atoms with Gasteiger partial charge in [-0.25, -0.2) is 0 Å². The fraction of sp³-hybridized carbons (Fsp3) is 0.111. The van der Waals surface area contributed by atoms with Crippen LogP contribution >= 0.6 is 0 Å².